The molecule has 0 bridgehead atoms. The van der Waals surface area contributed by atoms with Crippen LogP contribution in [0.1, 0.15) is 49.9 Å². The Balaban J connectivity index is 0.00000104. The van der Waals surface area contributed by atoms with E-state index >= 15 is 0 Å². The van der Waals surface area contributed by atoms with Crippen LogP contribution in [-0.4, -0.2) is 0 Å². The largest absolute Gasteiger partial charge is 0.0683 e. The zero-order valence-electron chi connectivity index (χ0n) is 30.9. The highest BCUT2D eigenvalue weighted by molar-refractivity contribution is 6.33. The average Bonchev–Trinajstić information content (AvgIpc) is 3.16. The lowest BCUT2D eigenvalue weighted by Gasteiger charge is -2.25. The van der Waals surface area contributed by atoms with Crippen LogP contribution < -0.4 is 0 Å². The van der Waals surface area contributed by atoms with Crippen LogP contribution in [0.4, 0.5) is 0 Å². The van der Waals surface area contributed by atoms with E-state index in [1.165, 1.54) is 99.1 Å². The Labute approximate surface area is 299 Å². The van der Waals surface area contributed by atoms with Crippen molar-refractivity contribution in [2.24, 2.45) is 0 Å². The van der Waals surface area contributed by atoms with Crippen LogP contribution in [0.3, 0.4) is 0 Å². The molecule has 0 aliphatic carbocycles. The van der Waals surface area contributed by atoms with Crippen molar-refractivity contribution in [3.8, 4) is 44.5 Å². The van der Waals surface area contributed by atoms with Gasteiger partial charge in [0.15, 0.2) is 0 Å². The van der Waals surface area contributed by atoms with Crippen LogP contribution in [0.25, 0.3) is 76.8 Å². The second kappa shape index (κ2) is 15.0. The first-order chi connectivity index (χ1) is 24.5. The first kappa shape index (κ1) is 34.4. The highest BCUT2D eigenvalue weighted by Gasteiger charge is 2.26. The van der Waals surface area contributed by atoms with Gasteiger partial charge in [-0.05, 0) is 105 Å². The highest BCUT2D eigenvalue weighted by Crippen LogP contribution is 2.53. The molecule has 0 radical (unpaired) electrons. The Morgan fingerprint density at radius 2 is 0.540 bits per heavy atom. The fourth-order valence-electron chi connectivity index (χ4n) is 7.30. The summed E-state index contributed by atoms with van der Waals surface area (Å²) >= 11 is 0. The number of rotatable bonds is 4. The minimum absolute atomic E-state index is 1.23. The smallest absolute Gasteiger partial charge is 0.000139 e. The van der Waals surface area contributed by atoms with Gasteiger partial charge < -0.3 is 0 Å². The summed E-state index contributed by atoms with van der Waals surface area (Å²) in [6, 6.07) is 54.3. The standard InChI is InChI=1S/C46H36.2C2H6/c1-29-15-21-35(22-16-29)41-37-25-19-31(3)27-39(37)44(34-13-9-6-10-14-34)46-42(36-23-17-30(2)18-24-36)38-26-20-32(4)28-40(38)43(45(41)46)33-11-7-5-8-12-33;2*1-2/h5-28H,1-4H3;2*1-2H3. The maximum absolute atomic E-state index is 2.40. The van der Waals surface area contributed by atoms with Crippen LogP contribution in [0, 0.1) is 27.7 Å². The molecule has 0 heterocycles. The van der Waals surface area contributed by atoms with Gasteiger partial charge in [-0.15, -0.1) is 0 Å². The second-order valence-electron chi connectivity index (χ2n) is 12.8. The van der Waals surface area contributed by atoms with E-state index in [-0.39, 0.29) is 0 Å². The van der Waals surface area contributed by atoms with Crippen molar-refractivity contribution in [2.45, 2.75) is 55.4 Å². The fraction of sp³-hybridized carbons (Fsp3) is 0.160. The van der Waals surface area contributed by atoms with Gasteiger partial charge in [0.2, 0.25) is 0 Å². The molecule has 248 valence electrons. The molecule has 0 atom stereocenters. The topological polar surface area (TPSA) is 0 Å². The predicted molar refractivity (Wildman–Crippen MR) is 222 cm³/mol. The van der Waals surface area contributed by atoms with E-state index in [1.807, 2.05) is 27.7 Å². The summed E-state index contributed by atoms with van der Waals surface area (Å²) in [6.45, 7) is 16.8. The Bertz CT molecular complexity index is 2220. The Kier molecular flexibility index (Phi) is 10.3. The molecule has 8 rings (SSSR count). The highest BCUT2D eigenvalue weighted by atomic mass is 14.3. The lowest BCUT2D eigenvalue weighted by molar-refractivity contribution is 1.47. The zero-order valence-corrected chi connectivity index (χ0v) is 30.9. The summed E-state index contributed by atoms with van der Waals surface area (Å²) in [4.78, 5) is 0. The molecular formula is C50H48. The van der Waals surface area contributed by atoms with Gasteiger partial charge in [-0.1, -0.05) is 196 Å². The van der Waals surface area contributed by atoms with E-state index in [0.29, 0.717) is 0 Å². The third kappa shape index (κ3) is 6.23. The van der Waals surface area contributed by atoms with E-state index in [4.69, 9.17) is 0 Å². The molecule has 0 aliphatic heterocycles. The summed E-state index contributed by atoms with van der Waals surface area (Å²) in [5.41, 5.74) is 15.2. The third-order valence-electron chi connectivity index (χ3n) is 9.48. The molecule has 50 heavy (non-hydrogen) atoms. The number of fused-ring (bicyclic) bond motifs is 3. The van der Waals surface area contributed by atoms with Crippen molar-refractivity contribution in [2.75, 3.05) is 0 Å². The van der Waals surface area contributed by atoms with Gasteiger partial charge in [-0.3, -0.25) is 0 Å². The van der Waals surface area contributed by atoms with E-state index in [2.05, 4.69) is 173 Å². The van der Waals surface area contributed by atoms with Crippen molar-refractivity contribution in [1.29, 1.82) is 0 Å². The molecule has 0 fully saturated rings. The zero-order chi connectivity index (χ0) is 35.4. The summed E-state index contributed by atoms with van der Waals surface area (Å²) in [5.74, 6) is 0. The molecule has 0 unspecified atom stereocenters. The van der Waals surface area contributed by atoms with Crippen LogP contribution in [0.2, 0.25) is 0 Å². The number of benzene rings is 8. The van der Waals surface area contributed by atoms with Crippen LogP contribution in [-0.2, 0) is 0 Å². The minimum atomic E-state index is 1.23. The molecule has 8 aromatic carbocycles. The van der Waals surface area contributed by atoms with Crippen molar-refractivity contribution in [3.63, 3.8) is 0 Å². The van der Waals surface area contributed by atoms with Crippen molar-refractivity contribution in [1.82, 2.24) is 0 Å². The molecule has 0 spiro atoms. The molecular weight excluding hydrogens is 601 g/mol. The van der Waals surface area contributed by atoms with Crippen LogP contribution in [0.15, 0.2) is 146 Å². The monoisotopic (exact) mass is 648 g/mol. The first-order valence-electron chi connectivity index (χ1n) is 18.2. The van der Waals surface area contributed by atoms with Crippen molar-refractivity contribution < 1.29 is 0 Å². The van der Waals surface area contributed by atoms with Crippen molar-refractivity contribution >= 4 is 32.3 Å². The Hall–Kier alpha value is -5.46. The lowest BCUT2D eigenvalue weighted by Crippen LogP contribution is -1.98. The number of aryl methyl sites for hydroxylation is 4. The molecule has 0 amide bonds. The maximum atomic E-state index is 2.40. The molecule has 0 saturated heterocycles. The summed E-state index contributed by atoms with van der Waals surface area (Å²) < 4.78 is 0. The van der Waals surface area contributed by atoms with Crippen LogP contribution in [0.5, 0.6) is 0 Å². The van der Waals surface area contributed by atoms with Crippen molar-refractivity contribution in [3.05, 3.63) is 168 Å². The quantitative estimate of drug-likeness (QED) is 0.167. The van der Waals surface area contributed by atoms with Gasteiger partial charge in [0.1, 0.15) is 0 Å². The second-order valence-corrected chi connectivity index (χ2v) is 12.8. The van der Waals surface area contributed by atoms with E-state index < -0.39 is 0 Å². The molecule has 8 aromatic rings. The predicted octanol–water partition coefficient (Wildman–Crippen LogP) is 15.1. The molecule has 0 aromatic heterocycles. The van der Waals surface area contributed by atoms with Gasteiger partial charge >= 0.3 is 0 Å². The maximum Gasteiger partial charge on any atom is -0.000139 e. The summed E-state index contributed by atoms with van der Waals surface area (Å²) in [5, 5.41) is 7.73. The molecule has 0 saturated carbocycles. The van der Waals surface area contributed by atoms with E-state index in [9.17, 15) is 0 Å². The lowest BCUT2D eigenvalue weighted by atomic mass is 9.77. The minimum Gasteiger partial charge on any atom is -0.0683 e. The molecule has 0 aliphatic rings. The fourth-order valence-corrected chi connectivity index (χ4v) is 7.30. The SMILES string of the molecule is CC.CC.Cc1ccc(-c2c3ccc(C)cc3c(-c3ccccc3)c3c(-c4ccc(C)cc4)c4ccc(C)cc4c(-c4ccccc4)c23)cc1. The Morgan fingerprint density at radius 1 is 0.260 bits per heavy atom. The van der Waals surface area contributed by atoms with Gasteiger partial charge in [0.05, 0.1) is 0 Å². The molecule has 0 N–H and O–H groups in total. The summed E-state index contributed by atoms with van der Waals surface area (Å²) in [7, 11) is 0. The van der Waals surface area contributed by atoms with Crippen LogP contribution >= 0.6 is 0 Å². The normalized spacial score (nSPS) is 10.8. The first-order valence-corrected chi connectivity index (χ1v) is 18.2. The van der Waals surface area contributed by atoms with Gasteiger partial charge in [0.25, 0.3) is 0 Å². The third-order valence-corrected chi connectivity index (χ3v) is 9.48. The van der Waals surface area contributed by atoms with Gasteiger partial charge in [0, 0.05) is 0 Å². The summed E-state index contributed by atoms with van der Waals surface area (Å²) in [6.07, 6.45) is 0. The molecule has 0 heteroatoms. The number of hydrogen-bond donors (Lipinski definition) is 0. The Morgan fingerprint density at radius 3 is 0.880 bits per heavy atom. The molecule has 0 nitrogen and oxygen atoms in total. The van der Waals surface area contributed by atoms with E-state index in [1.54, 1.807) is 0 Å². The van der Waals surface area contributed by atoms with Gasteiger partial charge in [-0.2, -0.15) is 0 Å². The number of hydrogen-bond acceptors (Lipinski definition) is 0. The van der Waals surface area contributed by atoms with E-state index in [0.717, 1.165) is 0 Å². The van der Waals surface area contributed by atoms with Gasteiger partial charge in [-0.25, -0.2) is 0 Å². The average molecular weight is 649 g/mol.